The van der Waals surface area contributed by atoms with Crippen molar-refractivity contribution in [3.8, 4) is 0 Å². The summed E-state index contributed by atoms with van der Waals surface area (Å²) in [6, 6.07) is 6.50. The van der Waals surface area contributed by atoms with Crippen LogP contribution in [0.25, 0.3) is 5.52 Å². The van der Waals surface area contributed by atoms with Crippen molar-refractivity contribution in [2.75, 3.05) is 6.54 Å². The standard InChI is InChI=1S/C22H21F3N6O3/c1-11-5-4-6-12-9-14(29-31(11)12)16-15-13(26-10-27-15)7-8-30(16)19(32)17-18(22(23,24)25)28-20(34-17)21(2,3)33/h4-6,9-10,16,33H,7-8H2,1-3H3,(H,26,27)/t16-/m1/s1. The third kappa shape index (κ3) is 3.54. The average Bonchev–Trinajstić information content (AvgIpc) is 3.48. The lowest BCUT2D eigenvalue weighted by Crippen LogP contribution is -2.41. The zero-order chi connectivity index (χ0) is 24.4. The summed E-state index contributed by atoms with van der Waals surface area (Å²) in [5, 5.41) is 14.8. The molecule has 0 bridgehead atoms. The molecular formula is C22H21F3N6O3. The Bertz CT molecular complexity index is 1400. The molecular weight excluding hydrogens is 453 g/mol. The number of carbonyl (C=O) groups excluding carboxylic acids is 1. The van der Waals surface area contributed by atoms with Crippen molar-refractivity contribution in [2.24, 2.45) is 0 Å². The molecule has 1 aliphatic rings. The van der Waals surface area contributed by atoms with Crippen molar-refractivity contribution < 1.29 is 27.5 Å². The highest BCUT2D eigenvalue weighted by Gasteiger charge is 2.46. The maximum atomic E-state index is 13.8. The number of aliphatic hydroxyl groups is 1. The van der Waals surface area contributed by atoms with E-state index in [-0.39, 0.29) is 6.54 Å². The van der Waals surface area contributed by atoms with Crippen LogP contribution < -0.4 is 0 Å². The first-order valence-electron chi connectivity index (χ1n) is 10.5. The summed E-state index contributed by atoms with van der Waals surface area (Å²) in [6.07, 6.45) is -3.12. The number of alkyl halides is 3. The molecule has 4 aromatic heterocycles. The van der Waals surface area contributed by atoms with Crippen LogP contribution in [0.5, 0.6) is 0 Å². The Kier molecular flexibility index (Phi) is 4.83. The number of aryl methyl sites for hydroxylation is 1. The van der Waals surface area contributed by atoms with Gasteiger partial charge in [0.05, 0.1) is 23.2 Å². The minimum atomic E-state index is -4.96. The molecule has 0 unspecified atom stereocenters. The number of hydrogen-bond donors (Lipinski definition) is 2. The van der Waals surface area contributed by atoms with E-state index in [0.29, 0.717) is 17.8 Å². The van der Waals surface area contributed by atoms with Crippen LogP contribution in [0.1, 0.15) is 64.8 Å². The minimum absolute atomic E-state index is 0.0986. The normalized spacial score (nSPS) is 16.8. The quantitative estimate of drug-likeness (QED) is 0.471. The molecule has 5 heterocycles. The fraction of sp³-hybridized carbons (Fsp3) is 0.364. The molecule has 1 atom stereocenters. The van der Waals surface area contributed by atoms with Gasteiger partial charge in [0.2, 0.25) is 11.7 Å². The van der Waals surface area contributed by atoms with Gasteiger partial charge in [0.15, 0.2) is 5.69 Å². The second-order valence-corrected chi connectivity index (χ2v) is 8.74. The van der Waals surface area contributed by atoms with Crippen LogP contribution in [0.15, 0.2) is 35.0 Å². The van der Waals surface area contributed by atoms with Crippen molar-refractivity contribution in [2.45, 2.75) is 45.0 Å². The second kappa shape index (κ2) is 7.42. The molecule has 0 radical (unpaired) electrons. The Morgan fingerprint density at radius 2 is 2.06 bits per heavy atom. The molecule has 2 N–H and O–H groups in total. The van der Waals surface area contributed by atoms with Crippen LogP contribution >= 0.6 is 0 Å². The highest BCUT2D eigenvalue weighted by Crippen LogP contribution is 2.38. The summed E-state index contributed by atoms with van der Waals surface area (Å²) in [5.41, 5.74) is 0.0478. The number of imidazole rings is 1. The Morgan fingerprint density at radius 3 is 2.74 bits per heavy atom. The van der Waals surface area contributed by atoms with Gasteiger partial charge >= 0.3 is 6.18 Å². The monoisotopic (exact) mass is 474 g/mol. The van der Waals surface area contributed by atoms with Crippen molar-refractivity contribution >= 4 is 11.4 Å². The summed E-state index contributed by atoms with van der Waals surface area (Å²) in [6.45, 7) is 4.43. The predicted molar refractivity (Wildman–Crippen MR) is 112 cm³/mol. The van der Waals surface area contributed by atoms with Gasteiger partial charge in [0, 0.05) is 24.4 Å². The zero-order valence-corrected chi connectivity index (χ0v) is 18.5. The van der Waals surface area contributed by atoms with Crippen LogP contribution in [-0.4, -0.2) is 47.0 Å². The van der Waals surface area contributed by atoms with E-state index < -0.39 is 41.1 Å². The van der Waals surface area contributed by atoms with Gasteiger partial charge in [-0.25, -0.2) is 14.5 Å². The Morgan fingerprint density at radius 1 is 1.29 bits per heavy atom. The first-order valence-corrected chi connectivity index (χ1v) is 10.5. The Balaban J connectivity index is 1.65. The first kappa shape index (κ1) is 22.1. The largest absolute Gasteiger partial charge is 0.437 e. The number of rotatable bonds is 3. The zero-order valence-electron chi connectivity index (χ0n) is 18.5. The molecule has 1 aliphatic heterocycles. The van der Waals surface area contributed by atoms with Crippen LogP contribution in [0.3, 0.4) is 0 Å². The molecule has 12 heteroatoms. The molecule has 5 rings (SSSR count). The van der Waals surface area contributed by atoms with E-state index in [1.54, 1.807) is 10.6 Å². The number of nitrogens with one attached hydrogen (secondary N) is 1. The number of nitrogens with zero attached hydrogens (tertiary/aromatic N) is 5. The van der Waals surface area contributed by atoms with Gasteiger partial charge in [-0.1, -0.05) is 6.07 Å². The first-order chi connectivity index (χ1) is 15.9. The van der Waals surface area contributed by atoms with Crippen molar-refractivity contribution in [3.63, 3.8) is 0 Å². The smallest absolute Gasteiger partial charge is 0.432 e. The number of halogens is 3. The van der Waals surface area contributed by atoms with Gasteiger partial charge in [0.1, 0.15) is 11.6 Å². The number of oxazole rings is 1. The lowest BCUT2D eigenvalue weighted by Gasteiger charge is -2.33. The van der Waals surface area contributed by atoms with Gasteiger partial charge in [-0.05, 0) is 39.0 Å². The fourth-order valence-corrected chi connectivity index (χ4v) is 4.15. The number of hydrogen-bond acceptors (Lipinski definition) is 6. The maximum Gasteiger partial charge on any atom is 0.437 e. The summed E-state index contributed by atoms with van der Waals surface area (Å²) in [5.74, 6) is -2.59. The molecule has 0 fully saturated rings. The fourth-order valence-electron chi connectivity index (χ4n) is 4.15. The third-order valence-corrected chi connectivity index (χ3v) is 5.77. The lowest BCUT2D eigenvalue weighted by molar-refractivity contribution is -0.141. The topological polar surface area (TPSA) is 113 Å². The van der Waals surface area contributed by atoms with E-state index in [0.717, 1.165) is 16.9 Å². The number of aromatic nitrogens is 5. The number of pyridine rings is 1. The molecule has 0 spiro atoms. The molecule has 4 aromatic rings. The average molecular weight is 474 g/mol. The van der Waals surface area contributed by atoms with Gasteiger partial charge in [0.25, 0.3) is 5.91 Å². The van der Waals surface area contributed by atoms with E-state index in [1.165, 1.54) is 25.1 Å². The number of H-pyrrole nitrogens is 1. The molecule has 9 nitrogen and oxygen atoms in total. The summed E-state index contributed by atoms with van der Waals surface area (Å²) < 4.78 is 48.2. The van der Waals surface area contributed by atoms with E-state index in [2.05, 4.69) is 20.1 Å². The summed E-state index contributed by atoms with van der Waals surface area (Å²) in [7, 11) is 0. The maximum absolute atomic E-state index is 13.8. The molecule has 178 valence electrons. The SMILES string of the molecule is Cc1cccc2cc([C@@H]3c4nc[nH]c4CCN3C(=O)c3oc(C(C)(C)O)nc3C(F)(F)F)nn12. The third-order valence-electron chi connectivity index (χ3n) is 5.77. The molecule has 0 aromatic carbocycles. The molecule has 0 aliphatic carbocycles. The van der Waals surface area contributed by atoms with Crippen LogP contribution in [0.4, 0.5) is 13.2 Å². The number of fused-ring (bicyclic) bond motifs is 2. The van der Waals surface area contributed by atoms with E-state index in [4.69, 9.17) is 4.42 Å². The summed E-state index contributed by atoms with van der Waals surface area (Å²) in [4.78, 5) is 25.6. The van der Waals surface area contributed by atoms with E-state index in [9.17, 15) is 23.1 Å². The number of amides is 1. The Labute approximate surface area is 191 Å². The number of aromatic amines is 1. The highest BCUT2D eigenvalue weighted by atomic mass is 19.4. The lowest BCUT2D eigenvalue weighted by atomic mass is 9.99. The van der Waals surface area contributed by atoms with Crippen molar-refractivity contribution in [1.29, 1.82) is 0 Å². The van der Waals surface area contributed by atoms with Crippen LogP contribution in [-0.2, 0) is 18.2 Å². The molecule has 0 saturated carbocycles. The second-order valence-electron chi connectivity index (χ2n) is 8.74. The van der Waals surface area contributed by atoms with E-state index in [1.807, 2.05) is 25.1 Å². The van der Waals surface area contributed by atoms with Crippen molar-refractivity contribution in [1.82, 2.24) is 29.5 Å². The van der Waals surface area contributed by atoms with Crippen LogP contribution in [0, 0.1) is 6.92 Å². The van der Waals surface area contributed by atoms with Crippen LogP contribution in [0.2, 0.25) is 0 Å². The molecule has 1 amide bonds. The van der Waals surface area contributed by atoms with Gasteiger partial charge < -0.3 is 19.4 Å². The van der Waals surface area contributed by atoms with Gasteiger partial charge in [-0.3, -0.25) is 4.79 Å². The Hall–Kier alpha value is -3.67. The van der Waals surface area contributed by atoms with Gasteiger partial charge in [-0.2, -0.15) is 18.3 Å². The predicted octanol–water partition coefficient (Wildman–Crippen LogP) is 3.39. The van der Waals surface area contributed by atoms with E-state index >= 15 is 0 Å². The van der Waals surface area contributed by atoms with Crippen molar-refractivity contribution in [3.05, 3.63) is 70.7 Å². The summed E-state index contributed by atoms with van der Waals surface area (Å²) >= 11 is 0. The minimum Gasteiger partial charge on any atom is -0.432 e. The number of carbonyl (C=O) groups is 1. The van der Waals surface area contributed by atoms with Gasteiger partial charge in [-0.15, -0.1) is 0 Å². The highest BCUT2D eigenvalue weighted by molar-refractivity contribution is 5.93. The molecule has 0 saturated heterocycles. The molecule has 34 heavy (non-hydrogen) atoms.